The van der Waals surface area contributed by atoms with Crippen LogP contribution >= 0.6 is 0 Å². The van der Waals surface area contributed by atoms with E-state index in [4.69, 9.17) is 0 Å². The summed E-state index contributed by atoms with van der Waals surface area (Å²) < 4.78 is 3.72. The van der Waals surface area contributed by atoms with Gasteiger partial charge in [-0.3, -0.25) is 4.79 Å². The molecule has 0 spiro atoms. The van der Waals surface area contributed by atoms with Crippen molar-refractivity contribution in [2.24, 2.45) is 5.92 Å². The molecular formula is C18H21N7O. The number of rotatable bonds is 4. The maximum absolute atomic E-state index is 13.0. The van der Waals surface area contributed by atoms with Crippen LogP contribution < -0.4 is 0 Å². The Morgan fingerprint density at radius 2 is 2.04 bits per heavy atom. The van der Waals surface area contributed by atoms with Gasteiger partial charge in [-0.15, -0.1) is 5.10 Å². The number of para-hydroxylation sites is 1. The fraction of sp³-hybridized carbons (Fsp3) is 0.389. The van der Waals surface area contributed by atoms with Crippen molar-refractivity contribution in [3.63, 3.8) is 0 Å². The smallest absolute Gasteiger partial charge is 0.256 e. The van der Waals surface area contributed by atoms with Gasteiger partial charge in [-0.25, -0.2) is 4.98 Å². The van der Waals surface area contributed by atoms with Crippen LogP contribution in [-0.2, 0) is 6.54 Å². The number of nitrogens with zero attached hydrogens (tertiary/aromatic N) is 7. The van der Waals surface area contributed by atoms with Crippen LogP contribution in [0.4, 0.5) is 0 Å². The third kappa shape index (κ3) is 3.22. The number of likely N-dealkylation sites (tertiary alicyclic amines) is 1. The zero-order valence-corrected chi connectivity index (χ0v) is 14.7. The molecule has 8 heteroatoms. The van der Waals surface area contributed by atoms with Crippen molar-refractivity contribution in [3.05, 3.63) is 54.4 Å². The average molecular weight is 351 g/mol. The van der Waals surface area contributed by atoms with Gasteiger partial charge in [0.2, 0.25) is 0 Å². The second-order valence-corrected chi connectivity index (χ2v) is 6.63. The quantitative estimate of drug-likeness (QED) is 0.715. The molecule has 3 heterocycles. The van der Waals surface area contributed by atoms with Gasteiger partial charge in [0.15, 0.2) is 0 Å². The molecule has 0 radical (unpaired) electrons. The van der Waals surface area contributed by atoms with Gasteiger partial charge in [0.1, 0.15) is 12.2 Å². The molecule has 8 nitrogen and oxygen atoms in total. The van der Waals surface area contributed by atoms with E-state index in [0.717, 1.165) is 38.3 Å². The van der Waals surface area contributed by atoms with Gasteiger partial charge in [-0.05, 0) is 48.2 Å². The van der Waals surface area contributed by atoms with Gasteiger partial charge in [0.25, 0.3) is 5.91 Å². The highest BCUT2D eigenvalue weighted by Gasteiger charge is 2.25. The van der Waals surface area contributed by atoms with Crippen LogP contribution in [0, 0.1) is 12.8 Å². The lowest BCUT2D eigenvalue weighted by Gasteiger charge is -2.32. The van der Waals surface area contributed by atoms with Crippen LogP contribution in [0.15, 0.2) is 43.0 Å². The highest BCUT2D eigenvalue weighted by molar-refractivity contribution is 5.97. The largest absolute Gasteiger partial charge is 0.339 e. The molecule has 1 aromatic carbocycles. The first-order valence-electron chi connectivity index (χ1n) is 8.82. The number of amides is 1. The van der Waals surface area contributed by atoms with E-state index < -0.39 is 0 Å². The van der Waals surface area contributed by atoms with Crippen molar-refractivity contribution in [1.82, 2.24) is 34.7 Å². The molecule has 0 N–H and O–H groups in total. The van der Waals surface area contributed by atoms with Crippen molar-refractivity contribution in [3.8, 4) is 5.69 Å². The van der Waals surface area contributed by atoms with E-state index in [9.17, 15) is 4.79 Å². The van der Waals surface area contributed by atoms with Crippen molar-refractivity contribution in [2.45, 2.75) is 26.3 Å². The summed E-state index contributed by atoms with van der Waals surface area (Å²) in [7, 11) is 0. The summed E-state index contributed by atoms with van der Waals surface area (Å²) in [6, 6.07) is 7.45. The number of carbonyl (C=O) groups is 1. The van der Waals surface area contributed by atoms with Crippen LogP contribution in [-0.4, -0.2) is 53.7 Å². The summed E-state index contributed by atoms with van der Waals surface area (Å²) in [6.45, 7) is 4.52. The molecule has 1 saturated heterocycles. The van der Waals surface area contributed by atoms with Crippen LogP contribution in [0.3, 0.4) is 0 Å². The molecule has 1 aliphatic rings. The number of aromatic nitrogens is 6. The standard InChI is InChI=1S/C18H21N7O/c1-14-19-8-11-24(14)12-15-6-9-23(10-7-15)18(26)16-4-2-3-5-17(16)25-13-20-21-22-25/h2-5,8,11,13,15H,6-7,9-10,12H2,1H3. The van der Waals surface area contributed by atoms with Crippen LogP contribution in [0.25, 0.3) is 5.69 Å². The Kier molecular flexibility index (Phi) is 4.47. The Bertz CT molecular complexity index is 879. The molecule has 1 aliphatic heterocycles. The van der Waals surface area contributed by atoms with Gasteiger partial charge in [0, 0.05) is 32.0 Å². The predicted octanol–water partition coefficient (Wildman–Crippen LogP) is 1.72. The first-order chi connectivity index (χ1) is 12.7. The minimum Gasteiger partial charge on any atom is -0.339 e. The van der Waals surface area contributed by atoms with E-state index in [1.54, 1.807) is 0 Å². The molecule has 26 heavy (non-hydrogen) atoms. The summed E-state index contributed by atoms with van der Waals surface area (Å²) in [6.07, 6.45) is 7.36. The minimum atomic E-state index is 0.0355. The lowest BCUT2D eigenvalue weighted by atomic mass is 9.96. The molecule has 4 rings (SSSR count). The maximum atomic E-state index is 13.0. The van der Waals surface area contributed by atoms with Gasteiger partial charge in [-0.2, -0.15) is 4.68 Å². The lowest BCUT2D eigenvalue weighted by molar-refractivity contribution is 0.0682. The number of imidazole rings is 1. The summed E-state index contributed by atoms with van der Waals surface area (Å²) >= 11 is 0. The third-order valence-electron chi connectivity index (χ3n) is 5.01. The van der Waals surface area contributed by atoms with Crippen LogP contribution in [0.2, 0.25) is 0 Å². The molecule has 0 bridgehead atoms. The number of aryl methyl sites for hydroxylation is 1. The van der Waals surface area contributed by atoms with E-state index >= 15 is 0 Å². The first-order valence-corrected chi connectivity index (χ1v) is 8.82. The lowest BCUT2D eigenvalue weighted by Crippen LogP contribution is -2.39. The van der Waals surface area contributed by atoms with Crippen LogP contribution in [0.1, 0.15) is 29.0 Å². The van der Waals surface area contributed by atoms with E-state index in [2.05, 4.69) is 25.1 Å². The Balaban J connectivity index is 1.44. The Hall–Kier alpha value is -3.03. The fourth-order valence-corrected chi connectivity index (χ4v) is 3.49. The number of carbonyl (C=O) groups excluding carboxylic acids is 1. The zero-order chi connectivity index (χ0) is 17.9. The molecule has 2 aromatic heterocycles. The zero-order valence-electron chi connectivity index (χ0n) is 14.7. The number of tetrazole rings is 1. The second-order valence-electron chi connectivity index (χ2n) is 6.63. The minimum absolute atomic E-state index is 0.0355. The van der Waals surface area contributed by atoms with Crippen molar-refractivity contribution >= 4 is 5.91 Å². The monoisotopic (exact) mass is 351 g/mol. The molecule has 134 valence electrons. The summed E-state index contributed by atoms with van der Waals surface area (Å²) in [5.41, 5.74) is 1.34. The molecule has 0 unspecified atom stereocenters. The summed E-state index contributed by atoms with van der Waals surface area (Å²) in [4.78, 5) is 19.2. The van der Waals surface area contributed by atoms with E-state index in [-0.39, 0.29) is 5.91 Å². The Labute approximate surface area is 151 Å². The molecule has 1 fully saturated rings. The highest BCUT2D eigenvalue weighted by atomic mass is 16.2. The first kappa shape index (κ1) is 16.4. The molecule has 0 atom stereocenters. The Morgan fingerprint density at radius 3 is 2.73 bits per heavy atom. The van der Waals surface area contributed by atoms with Crippen molar-refractivity contribution in [2.75, 3.05) is 13.1 Å². The number of benzene rings is 1. The number of piperidine rings is 1. The topological polar surface area (TPSA) is 81.7 Å². The molecule has 0 saturated carbocycles. The van der Waals surface area contributed by atoms with Gasteiger partial charge >= 0.3 is 0 Å². The van der Waals surface area contributed by atoms with Gasteiger partial charge in [-0.1, -0.05) is 12.1 Å². The maximum Gasteiger partial charge on any atom is 0.256 e. The Morgan fingerprint density at radius 1 is 1.23 bits per heavy atom. The predicted molar refractivity (Wildman–Crippen MR) is 94.7 cm³/mol. The molecule has 0 aliphatic carbocycles. The summed E-state index contributed by atoms with van der Waals surface area (Å²) in [5.74, 6) is 1.65. The number of hydrogen-bond acceptors (Lipinski definition) is 5. The van der Waals surface area contributed by atoms with Gasteiger partial charge in [0.05, 0.1) is 11.3 Å². The van der Waals surface area contributed by atoms with Crippen LogP contribution in [0.5, 0.6) is 0 Å². The van der Waals surface area contributed by atoms with Gasteiger partial charge < -0.3 is 9.47 Å². The fourth-order valence-electron chi connectivity index (χ4n) is 3.49. The van der Waals surface area contributed by atoms with E-state index in [0.29, 0.717) is 17.2 Å². The van der Waals surface area contributed by atoms with E-state index in [1.165, 1.54) is 11.0 Å². The number of hydrogen-bond donors (Lipinski definition) is 0. The van der Waals surface area contributed by atoms with Crippen molar-refractivity contribution in [1.29, 1.82) is 0 Å². The SMILES string of the molecule is Cc1nccn1CC1CCN(C(=O)c2ccccc2-n2cnnn2)CC1. The average Bonchev–Trinajstić information content (AvgIpc) is 3.34. The summed E-state index contributed by atoms with van der Waals surface area (Å²) in [5, 5.41) is 11.2. The third-order valence-corrected chi connectivity index (χ3v) is 5.01. The molecule has 1 amide bonds. The normalized spacial score (nSPS) is 15.3. The van der Waals surface area contributed by atoms with Crippen molar-refractivity contribution < 1.29 is 4.79 Å². The van der Waals surface area contributed by atoms with E-state index in [1.807, 2.05) is 48.5 Å². The highest BCUT2D eigenvalue weighted by Crippen LogP contribution is 2.23. The molecular weight excluding hydrogens is 330 g/mol. The molecule has 3 aromatic rings. The second kappa shape index (κ2) is 7.07.